The Morgan fingerprint density at radius 2 is 1.33 bits per heavy atom. The van der Waals surface area contributed by atoms with Crippen molar-refractivity contribution in [3.63, 3.8) is 0 Å². The number of benzene rings is 3. The van der Waals surface area contributed by atoms with Gasteiger partial charge in [0.1, 0.15) is 11.2 Å². The van der Waals surface area contributed by atoms with Crippen LogP contribution in [0.4, 0.5) is 5.69 Å². The standard InChI is InChI=1S/C35H25NO4S3/c1-4-36(5-2)21-11-9-19-13-24(34(37)39-26(19)15-21)27-16-29-32(42-27)33-30(41-29)17-28(43-33)25-14-20-10-12-22-18(3)7-6-8-23(22)31(20)40-35(25)38/h6-17H,4-5H2,1-3H3. The number of hydrogen-bond donors (Lipinski definition) is 0. The SMILES string of the molecule is CCN(CC)c1ccc2cc(-c3cc4sc5cc(-c6cc7ccc8c(C)cccc8c7oc6=O)sc5c4s3)c(=O)oc2c1. The molecule has 0 fully saturated rings. The summed E-state index contributed by atoms with van der Waals surface area (Å²) in [6.07, 6.45) is 0. The molecule has 8 rings (SSSR count). The van der Waals surface area contributed by atoms with Crippen LogP contribution in [-0.4, -0.2) is 13.1 Å². The molecule has 0 saturated heterocycles. The summed E-state index contributed by atoms with van der Waals surface area (Å²) in [5.41, 5.74) is 3.88. The normalized spacial score (nSPS) is 12.0. The second-order valence-electron chi connectivity index (χ2n) is 10.7. The Labute approximate surface area is 257 Å². The molecule has 0 aliphatic rings. The third-order valence-corrected chi connectivity index (χ3v) is 12.0. The van der Waals surface area contributed by atoms with E-state index in [1.807, 2.05) is 42.5 Å². The van der Waals surface area contributed by atoms with Gasteiger partial charge in [0.25, 0.3) is 0 Å². The highest BCUT2D eigenvalue weighted by atomic mass is 32.1. The van der Waals surface area contributed by atoms with Crippen LogP contribution in [0, 0.1) is 6.92 Å². The molecular formula is C35H25NO4S3. The topological polar surface area (TPSA) is 63.7 Å². The minimum absolute atomic E-state index is 0.335. The summed E-state index contributed by atoms with van der Waals surface area (Å²) in [6.45, 7) is 8.06. The van der Waals surface area contributed by atoms with Gasteiger partial charge in [-0.05, 0) is 68.1 Å². The van der Waals surface area contributed by atoms with Gasteiger partial charge in [-0.3, -0.25) is 0 Å². The molecule has 212 valence electrons. The van der Waals surface area contributed by atoms with Gasteiger partial charge in [-0.25, -0.2) is 9.59 Å². The van der Waals surface area contributed by atoms with E-state index in [4.69, 9.17) is 8.83 Å². The van der Waals surface area contributed by atoms with E-state index in [9.17, 15) is 9.59 Å². The fraction of sp³-hybridized carbons (Fsp3) is 0.143. The van der Waals surface area contributed by atoms with Gasteiger partial charge in [0, 0.05) is 60.2 Å². The van der Waals surface area contributed by atoms with E-state index in [-0.39, 0.29) is 11.3 Å². The first-order chi connectivity index (χ1) is 20.9. The molecule has 5 nitrogen and oxygen atoms in total. The zero-order valence-corrected chi connectivity index (χ0v) is 26.1. The largest absolute Gasteiger partial charge is 0.422 e. The van der Waals surface area contributed by atoms with Gasteiger partial charge >= 0.3 is 11.3 Å². The van der Waals surface area contributed by atoms with Crippen molar-refractivity contribution in [2.45, 2.75) is 20.8 Å². The summed E-state index contributed by atoms with van der Waals surface area (Å²) in [5, 5.41) is 3.84. The molecule has 0 unspecified atom stereocenters. The van der Waals surface area contributed by atoms with Gasteiger partial charge in [0.2, 0.25) is 0 Å². The fourth-order valence-corrected chi connectivity index (χ4v) is 9.95. The van der Waals surface area contributed by atoms with E-state index < -0.39 is 0 Å². The van der Waals surface area contributed by atoms with Crippen LogP contribution in [0.2, 0.25) is 0 Å². The molecule has 5 heterocycles. The summed E-state index contributed by atoms with van der Waals surface area (Å²) in [5.74, 6) is 0. The molecular weight excluding hydrogens is 595 g/mol. The summed E-state index contributed by atoms with van der Waals surface area (Å²) >= 11 is 4.86. The van der Waals surface area contributed by atoms with Crippen molar-refractivity contribution in [3.8, 4) is 20.9 Å². The van der Waals surface area contributed by atoms with Gasteiger partial charge in [0.05, 0.1) is 20.5 Å². The summed E-state index contributed by atoms with van der Waals surface area (Å²) < 4.78 is 16.2. The van der Waals surface area contributed by atoms with E-state index in [0.29, 0.717) is 22.3 Å². The van der Waals surface area contributed by atoms with Gasteiger partial charge in [0.15, 0.2) is 0 Å². The Bertz CT molecular complexity index is 2510. The highest BCUT2D eigenvalue weighted by molar-refractivity contribution is 7.40. The molecule has 8 heteroatoms. The number of hydrogen-bond acceptors (Lipinski definition) is 8. The molecule has 0 spiro atoms. The van der Waals surface area contributed by atoms with Crippen molar-refractivity contribution in [2.24, 2.45) is 0 Å². The van der Waals surface area contributed by atoms with Crippen LogP contribution < -0.4 is 16.2 Å². The maximum absolute atomic E-state index is 13.2. The Morgan fingerprint density at radius 1 is 0.674 bits per heavy atom. The fourth-order valence-electron chi connectivity index (χ4n) is 5.92. The monoisotopic (exact) mass is 619 g/mol. The Hall–Kier alpha value is -4.24. The van der Waals surface area contributed by atoms with Crippen molar-refractivity contribution >= 4 is 91.2 Å². The smallest absolute Gasteiger partial charge is 0.345 e. The quantitative estimate of drug-likeness (QED) is 0.142. The van der Waals surface area contributed by atoms with Gasteiger partial charge in [-0.15, -0.1) is 34.0 Å². The van der Waals surface area contributed by atoms with E-state index in [2.05, 4.69) is 56.0 Å². The van der Waals surface area contributed by atoms with Crippen LogP contribution in [0.3, 0.4) is 0 Å². The van der Waals surface area contributed by atoms with Crippen molar-refractivity contribution in [1.82, 2.24) is 0 Å². The Balaban J connectivity index is 1.20. The van der Waals surface area contributed by atoms with Gasteiger partial charge < -0.3 is 13.7 Å². The predicted octanol–water partition coefficient (Wildman–Crippen LogP) is 10.0. The van der Waals surface area contributed by atoms with Crippen LogP contribution in [0.5, 0.6) is 0 Å². The van der Waals surface area contributed by atoms with E-state index in [1.54, 1.807) is 34.0 Å². The van der Waals surface area contributed by atoms with Crippen LogP contribution in [-0.2, 0) is 0 Å². The van der Waals surface area contributed by atoms with Crippen LogP contribution in [0.15, 0.2) is 91.2 Å². The van der Waals surface area contributed by atoms with Crippen LogP contribution >= 0.6 is 34.0 Å². The maximum Gasteiger partial charge on any atom is 0.345 e. The molecule has 0 saturated carbocycles. The highest BCUT2D eigenvalue weighted by Crippen LogP contribution is 2.47. The third kappa shape index (κ3) is 4.16. The van der Waals surface area contributed by atoms with Crippen molar-refractivity contribution < 1.29 is 8.83 Å². The summed E-state index contributed by atoms with van der Waals surface area (Å²) in [4.78, 5) is 30.4. The first-order valence-electron chi connectivity index (χ1n) is 14.2. The van der Waals surface area contributed by atoms with Crippen LogP contribution in [0.25, 0.3) is 72.4 Å². The Kier molecular flexibility index (Phi) is 6.08. The minimum atomic E-state index is -0.337. The molecule has 0 aliphatic carbocycles. The molecule has 43 heavy (non-hydrogen) atoms. The molecule has 0 bridgehead atoms. The Morgan fingerprint density at radius 3 is 2.02 bits per heavy atom. The third-order valence-electron chi connectivity index (χ3n) is 8.18. The summed E-state index contributed by atoms with van der Waals surface area (Å²) in [7, 11) is 0. The molecule has 8 aromatic rings. The van der Waals surface area contributed by atoms with Gasteiger partial charge in [-0.1, -0.05) is 30.3 Å². The lowest BCUT2D eigenvalue weighted by molar-refractivity contribution is 0.563. The van der Waals surface area contributed by atoms with E-state index >= 15 is 0 Å². The first kappa shape index (κ1) is 26.4. The molecule has 0 aliphatic heterocycles. The van der Waals surface area contributed by atoms with Crippen LogP contribution in [0.1, 0.15) is 19.4 Å². The van der Waals surface area contributed by atoms with Crippen molar-refractivity contribution in [1.29, 1.82) is 0 Å². The number of anilines is 1. The highest BCUT2D eigenvalue weighted by Gasteiger charge is 2.19. The average molecular weight is 620 g/mol. The second-order valence-corrected chi connectivity index (χ2v) is 13.8. The molecule has 5 aromatic heterocycles. The van der Waals surface area contributed by atoms with E-state index in [0.717, 1.165) is 74.4 Å². The molecule has 0 amide bonds. The number of nitrogens with zero attached hydrogens (tertiary/aromatic N) is 1. The summed E-state index contributed by atoms with van der Waals surface area (Å²) in [6, 6.07) is 24.3. The van der Waals surface area contributed by atoms with Crippen molar-refractivity contribution in [2.75, 3.05) is 18.0 Å². The number of aryl methyl sites for hydroxylation is 1. The molecule has 0 N–H and O–H groups in total. The molecule has 3 aromatic carbocycles. The number of thiophene rings is 3. The van der Waals surface area contributed by atoms with Crippen molar-refractivity contribution in [3.05, 3.63) is 99.2 Å². The lowest BCUT2D eigenvalue weighted by Gasteiger charge is -2.20. The van der Waals surface area contributed by atoms with E-state index in [1.165, 1.54) is 0 Å². The molecule has 0 atom stereocenters. The predicted molar refractivity (Wildman–Crippen MR) is 184 cm³/mol. The average Bonchev–Trinajstić information content (AvgIpc) is 3.68. The lowest BCUT2D eigenvalue weighted by Crippen LogP contribution is -2.21. The zero-order valence-electron chi connectivity index (χ0n) is 23.6. The minimum Gasteiger partial charge on any atom is -0.422 e. The first-order valence-corrected chi connectivity index (χ1v) is 16.6. The maximum atomic E-state index is 13.2. The number of fused-ring (bicyclic) bond motifs is 7. The number of rotatable bonds is 5. The zero-order chi connectivity index (χ0) is 29.4. The lowest BCUT2D eigenvalue weighted by atomic mass is 10.0. The second kappa shape index (κ2) is 9.91. The van der Waals surface area contributed by atoms with Gasteiger partial charge in [-0.2, -0.15) is 0 Å². The molecule has 0 radical (unpaired) electrons.